The molecule has 0 radical (unpaired) electrons. The monoisotopic (exact) mass is 303 g/mol. The SMILES string of the molecule is CCCCCC(NCC)c1sc(C)cc1Br. The Hall–Kier alpha value is 0.140. The Kier molecular flexibility index (Phi) is 6.62. The largest absolute Gasteiger partial charge is 0.309 e. The molecule has 1 atom stereocenters. The lowest BCUT2D eigenvalue weighted by molar-refractivity contribution is 0.492. The molecule has 0 saturated heterocycles. The van der Waals surface area contributed by atoms with Gasteiger partial charge in [0.1, 0.15) is 0 Å². The van der Waals surface area contributed by atoms with Crippen LogP contribution in [0.3, 0.4) is 0 Å². The molecule has 1 N–H and O–H groups in total. The molecule has 1 heterocycles. The maximum atomic E-state index is 3.67. The van der Waals surface area contributed by atoms with E-state index in [-0.39, 0.29) is 0 Å². The van der Waals surface area contributed by atoms with E-state index in [1.54, 1.807) is 0 Å². The molecule has 0 bridgehead atoms. The molecule has 92 valence electrons. The van der Waals surface area contributed by atoms with Crippen LogP contribution in [0.1, 0.15) is 55.3 Å². The average Bonchev–Trinajstić information content (AvgIpc) is 2.57. The van der Waals surface area contributed by atoms with Crippen molar-refractivity contribution < 1.29 is 0 Å². The fraction of sp³-hybridized carbons (Fsp3) is 0.692. The van der Waals surface area contributed by atoms with Crippen molar-refractivity contribution in [2.24, 2.45) is 0 Å². The molecule has 0 aliphatic heterocycles. The van der Waals surface area contributed by atoms with Crippen molar-refractivity contribution in [2.45, 2.75) is 52.5 Å². The normalized spacial score (nSPS) is 13.0. The highest BCUT2D eigenvalue weighted by molar-refractivity contribution is 9.10. The fourth-order valence-electron chi connectivity index (χ4n) is 1.91. The topological polar surface area (TPSA) is 12.0 Å². The predicted molar refractivity (Wildman–Crippen MR) is 77.3 cm³/mol. The van der Waals surface area contributed by atoms with Gasteiger partial charge in [-0.05, 0) is 41.9 Å². The summed E-state index contributed by atoms with van der Waals surface area (Å²) < 4.78 is 1.28. The van der Waals surface area contributed by atoms with Gasteiger partial charge in [-0.25, -0.2) is 0 Å². The number of unbranched alkanes of at least 4 members (excludes halogenated alkanes) is 2. The van der Waals surface area contributed by atoms with E-state index in [1.807, 2.05) is 11.3 Å². The van der Waals surface area contributed by atoms with E-state index in [1.165, 1.54) is 39.9 Å². The van der Waals surface area contributed by atoms with Crippen LogP contribution in [0, 0.1) is 6.92 Å². The summed E-state index contributed by atoms with van der Waals surface area (Å²) >= 11 is 5.58. The molecule has 0 aromatic carbocycles. The van der Waals surface area contributed by atoms with Crippen molar-refractivity contribution in [3.63, 3.8) is 0 Å². The molecule has 16 heavy (non-hydrogen) atoms. The lowest BCUT2D eigenvalue weighted by Crippen LogP contribution is -2.20. The zero-order valence-corrected chi connectivity index (χ0v) is 12.9. The van der Waals surface area contributed by atoms with Gasteiger partial charge >= 0.3 is 0 Å². The van der Waals surface area contributed by atoms with Crippen LogP contribution in [0.2, 0.25) is 0 Å². The standard InChI is InChI=1S/C13H22BrNS/c1-4-6-7-8-12(15-5-2)13-11(14)9-10(3)16-13/h9,12,15H,4-8H2,1-3H3. The third kappa shape index (κ3) is 4.19. The van der Waals surface area contributed by atoms with E-state index in [0.29, 0.717) is 6.04 Å². The van der Waals surface area contributed by atoms with E-state index >= 15 is 0 Å². The summed E-state index contributed by atoms with van der Waals surface area (Å²) in [6.07, 6.45) is 5.20. The van der Waals surface area contributed by atoms with E-state index in [4.69, 9.17) is 0 Å². The van der Waals surface area contributed by atoms with E-state index in [0.717, 1.165) is 6.54 Å². The molecule has 0 aliphatic rings. The Labute approximate surface area is 112 Å². The van der Waals surface area contributed by atoms with Gasteiger partial charge in [0.25, 0.3) is 0 Å². The molecule has 1 nitrogen and oxygen atoms in total. The first-order chi connectivity index (χ1) is 7.69. The first-order valence-electron chi connectivity index (χ1n) is 6.18. The Balaban J connectivity index is 2.64. The maximum absolute atomic E-state index is 3.67. The van der Waals surface area contributed by atoms with Crippen molar-refractivity contribution in [1.82, 2.24) is 5.32 Å². The van der Waals surface area contributed by atoms with Crippen LogP contribution in [0.25, 0.3) is 0 Å². The summed E-state index contributed by atoms with van der Waals surface area (Å²) in [5.41, 5.74) is 0. The molecular formula is C13H22BrNS. The maximum Gasteiger partial charge on any atom is 0.0426 e. The second kappa shape index (κ2) is 7.46. The fourth-order valence-corrected chi connectivity index (χ4v) is 3.95. The van der Waals surface area contributed by atoms with Gasteiger partial charge in [0.2, 0.25) is 0 Å². The Morgan fingerprint density at radius 1 is 1.38 bits per heavy atom. The first-order valence-corrected chi connectivity index (χ1v) is 7.79. The third-order valence-electron chi connectivity index (χ3n) is 2.70. The van der Waals surface area contributed by atoms with Crippen LogP contribution in [-0.4, -0.2) is 6.54 Å². The van der Waals surface area contributed by atoms with E-state index < -0.39 is 0 Å². The zero-order valence-electron chi connectivity index (χ0n) is 10.5. The van der Waals surface area contributed by atoms with Crippen LogP contribution < -0.4 is 5.32 Å². The van der Waals surface area contributed by atoms with Crippen molar-refractivity contribution in [3.05, 3.63) is 20.3 Å². The van der Waals surface area contributed by atoms with Gasteiger partial charge in [0, 0.05) is 20.3 Å². The molecule has 0 saturated carbocycles. The number of halogens is 1. The number of nitrogens with one attached hydrogen (secondary N) is 1. The molecular weight excluding hydrogens is 282 g/mol. The second-order valence-corrected chi connectivity index (χ2v) is 6.32. The third-order valence-corrected chi connectivity index (χ3v) is 4.78. The van der Waals surface area contributed by atoms with Crippen molar-refractivity contribution >= 4 is 27.3 Å². The number of hydrogen-bond acceptors (Lipinski definition) is 2. The van der Waals surface area contributed by atoms with E-state index in [2.05, 4.69) is 48.1 Å². The number of rotatable bonds is 7. The van der Waals surface area contributed by atoms with Gasteiger partial charge in [0.15, 0.2) is 0 Å². The molecule has 0 amide bonds. The van der Waals surface area contributed by atoms with Gasteiger partial charge < -0.3 is 5.32 Å². The van der Waals surface area contributed by atoms with Crippen LogP contribution in [0.5, 0.6) is 0 Å². The molecule has 0 fully saturated rings. The smallest absolute Gasteiger partial charge is 0.0426 e. The average molecular weight is 304 g/mol. The van der Waals surface area contributed by atoms with Gasteiger partial charge in [-0.15, -0.1) is 11.3 Å². The summed E-state index contributed by atoms with van der Waals surface area (Å²) in [7, 11) is 0. The minimum atomic E-state index is 0.532. The summed E-state index contributed by atoms with van der Waals surface area (Å²) in [5.74, 6) is 0. The van der Waals surface area contributed by atoms with Crippen molar-refractivity contribution in [2.75, 3.05) is 6.54 Å². The van der Waals surface area contributed by atoms with E-state index in [9.17, 15) is 0 Å². The predicted octanol–water partition coefficient (Wildman–Crippen LogP) is 5.05. The van der Waals surface area contributed by atoms with Crippen molar-refractivity contribution in [1.29, 1.82) is 0 Å². The molecule has 1 unspecified atom stereocenters. The van der Waals surface area contributed by atoms with Crippen LogP contribution in [-0.2, 0) is 0 Å². The van der Waals surface area contributed by atoms with Crippen LogP contribution in [0.4, 0.5) is 0 Å². The second-order valence-electron chi connectivity index (χ2n) is 4.18. The van der Waals surface area contributed by atoms with Gasteiger partial charge in [-0.3, -0.25) is 0 Å². The number of thiophene rings is 1. The lowest BCUT2D eigenvalue weighted by Gasteiger charge is -2.17. The summed E-state index contributed by atoms with van der Waals surface area (Å²) in [5, 5.41) is 3.59. The molecule has 1 rings (SSSR count). The Morgan fingerprint density at radius 2 is 2.12 bits per heavy atom. The lowest BCUT2D eigenvalue weighted by atomic mass is 10.1. The van der Waals surface area contributed by atoms with Crippen LogP contribution >= 0.6 is 27.3 Å². The summed E-state index contributed by atoms with van der Waals surface area (Å²) in [6.45, 7) is 7.66. The summed E-state index contributed by atoms with van der Waals surface area (Å²) in [4.78, 5) is 2.86. The van der Waals surface area contributed by atoms with Gasteiger partial charge in [-0.1, -0.05) is 33.1 Å². The molecule has 1 aromatic rings. The molecule has 0 aliphatic carbocycles. The highest BCUT2D eigenvalue weighted by Crippen LogP contribution is 2.34. The molecule has 0 spiro atoms. The minimum Gasteiger partial charge on any atom is -0.309 e. The quantitative estimate of drug-likeness (QED) is 0.695. The highest BCUT2D eigenvalue weighted by atomic mass is 79.9. The zero-order chi connectivity index (χ0) is 12.0. The highest BCUT2D eigenvalue weighted by Gasteiger charge is 2.15. The van der Waals surface area contributed by atoms with Gasteiger partial charge in [-0.2, -0.15) is 0 Å². The molecule has 3 heteroatoms. The Bertz CT molecular complexity index is 309. The Morgan fingerprint density at radius 3 is 2.62 bits per heavy atom. The number of hydrogen-bond donors (Lipinski definition) is 1. The van der Waals surface area contributed by atoms with Crippen LogP contribution in [0.15, 0.2) is 10.5 Å². The minimum absolute atomic E-state index is 0.532. The van der Waals surface area contributed by atoms with Gasteiger partial charge in [0.05, 0.1) is 0 Å². The first kappa shape index (κ1) is 14.2. The summed E-state index contributed by atoms with van der Waals surface area (Å²) in [6, 6.07) is 2.76. The number of aryl methyl sites for hydroxylation is 1. The van der Waals surface area contributed by atoms with Crippen molar-refractivity contribution in [3.8, 4) is 0 Å². The molecule has 1 aromatic heterocycles.